The van der Waals surface area contributed by atoms with Crippen LogP contribution in [0, 0.1) is 11.7 Å². The van der Waals surface area contributed by atoms with Crippen LogP contribution in [0.15, 0.2) is 24.3 Å². The molecule has 1 heterocycles. The van der Waals surface area contributed by atoms with Crippen LogP contribution in [0.1, 0.15) is 6.42 Å². The summed E-state index contributed by atoms with van der Waals surface area (Å²) >= 11 is 0. The Morgan fingerprint density at radius 3 is 2.69 bits per heavy atom. The zero-order valence-corrected chi connectivity index (χ0v) is 9.24. The molecular formula is C12H15FN2O. The van der Waals surface area contributed by atoms with Crippen molar-refractivity contribution in [3.8, 4) is 0 Å². The SMILES string of the molecule is CN(C(=O)C1CCNC1)c1ccc(F)cc1. The minimum Gasteiger partial charge on any atom is -0.316 e. The van der Waals surface area contributed by atoms with E-state index in [2.05, 4.69) is 5.32 Å². The van der Waals surface area contributed by atoms with Gasteiger partial charge in [0.2, 0.25) is 5.91 Å². The fraction of sp³-hybridized carbons (Fsp3) is 0.417. The second kappa shape index (κ2) is 4.61. The number of carbonyl (C=O) groups excluding carboxylic acids is 1. The van der Waals surface area contributed by atoms with Crippen LogP contribution < -0.4 is 10.2 Å². The predicted molar refractivity (Wildman–Crippen MR) is 60.8 cm³/mol. The van der Waals surface area contributed by atoms with Crippen LogP contribution in [0.4, 0.5) is 10.1 Å². The van der Waals surface area contributed by atoms with Gasteiger partial charge >= 0.3 is 0 Å². The maximum absolute atomic E-state index is 12.7. The maximum atomic E-state index is 12.7. The molecule has 1 saturated heterocycles. The van der Waals surface area contributed by atoms with Crippen LogP contribution in [0.25, 0.3) is 0 Å². The van der Waals surface area contributed by atoms with Gasteiger partial charge in [-0.15, -0.1) is 0 Å². The summed E-state index contributed by atoms with van der Waals surface area (Å²) in [6, 6.07) is 5.98. The number of nitrogens with zero attached hydrogens (tertiary/aromatic N) is 1. The van der Waals surface area contributed by atoms with Gasteiger partial charge in [-0.1, -0.05) is 0 Å². The van der Waals surface area contributed by atoms with Crippen LogP contribution in [0.3, 0.4) is 0 Å². The van der Waals surface area contributed by atoms with E-state index in [1.54, 1.807) is 24.1 Å². The minimum atomic E-state index is -0.285. The second-order valence-electron chi connectivity index (χ2n) is 4.06. The molecule has 3 nitrogen and oxygen atoms in total. The van der Waals surface area contributed by atoms with Gasteiger partial charge in [0.15, 0.2) is 0 Å². The highest BCUT2D eigenvalue weighted by Gasteiger charge is 2.25. The van der Waals surface area contributed by atoms with Gasteiger partial charge in [0.25, 0.3) is 0 Å². The third-order valence-electron chi connectivity index (χ3n) is 2.95. The van der Waals surface area contributed by atoms with E-state index >= 15 is 0 Å². The lowest BCUT2D eigenvalue weighted by Crippen LogP contribution is -2.33. The Bertz CT molecular complexity index is 371. The molecule has 0 saturated carbocycles. The molecule has 0 aromatic heterocycles. The average molecular weight is 222 g/mol. The monoisotopic (exact) mass is 222 g/mol. The predicted octanol–water partition coefficient (Wildman–Crippen LogP) is 1.40. The summed E-state index contributed by atoms with van der Waals surface area (Å²) in [6.07, 6.45) is 0.879. The molecule has 1 N–H and O–H groups in total. The van der Waals surface area contributed by atoms with E-state index in [-0.39, 0.29) is 17.6 Å². The van der Waals surface area contributed by atoms with Gasteiger partial charge in [0, 0.05) is 19.3 Å². The maximum Gasteiger partial charge on any atom is 0.231 e. The summed E-state index contributed by atoms with van der Waals surface area (Å²) in [4.78, 5) is 13.6. The van der Waals surface area contributed by atoms with Crippen LogP contribution in [0.2, 0.25) is 0 Å². The summed E-state index contributed by atoms with van der Waals surface area (Å²) in [5.74, 6) is -0.140. The van der Waals surface area contributed by atoms with E-state index in [0.717, 1.165) is 25.2 Å². The largest absolute Gasteiger partial charge is 0.316 e. The molecule has 4 heteroatoms. The quantitative estimate of drug-likeness (QED) is 0.820. The highest BCUT2D eigenvalue weighted by atomic mass is 19.1. The Hall–Kier alpha value is -1.42. The van der Waals surface area contributed by atoms with Gasteiger partial charge in [-0.05, 0) is 37.2 Å². The summed E-state index contributed by atoms with van der Waals surface area (Å²) in [7, 11) is 1.73. The van der Waals surface area contributed by atoms with Gasteiger partial charge in [-0.3, -0.25) is 4.79 Å². The molecule has 1 amide bonds. The number of halogens is 1. The molecule has 1 fully saturated rings. The van der Waals surface area contributed by atoms with Crippen molar-refractivity contribution in [2.45, 2.75) is 6.42 Å². The van der Waals surface area contributed by atoms with Gasteiger partial charge in [0.05, 0.1) is 5.92 Å². The second-order valence-corrected chi connectivity index (χ2v) is 4.06. The zero-order valence-electron chi connectivity index (χ0n) is 9.24. The molecule has 0 aliphatic carbocycles. The summed E-state index contributed by atoms with van der Waals surface area (Å²) in [5, 5.41) is 3.16. The van der Waals surface area contributed by atoms with Gasteiger partial charge in [-0.2, -0.15) is 0 Å². The minimum absolute atomic E-state index is 0.0510. The third-order valence-corrected chi connectivity index (χ3v) is 2.95. The lowest BCUT2D eigenvalue weighted by molar-refractivity contribution is -0.121. The number of benzene rings is 1. The van der Waals surface area contributed by atoms with Crippen molar-refractivity contribution < 1.29 is 9.18 Å². The van der Waals surface area contributed by atoms with Crippen molar-refractivity contribution in [3.63, 3.8) is 0 Å². The van der Waals surface area contributed by atoms with E-state index < -0.39 is 0 Å². The van der Waals surface area contributed by atoms with E-state index in [9.17, 15) is 9.18 Å². The third kappa shape index (κ3) is 2.22. The van der Waals surface area contributed by atoms with Crippen molar-refractivity contribution in [1.29, 1.82) is 0 Å². The first-order valence-electron chi connectivity index (χ1n) is 5.42. The van der Waals surface area contributed by atoms with Crippen LogP contribution in [-0.4, -0.2) is 26.0 Å². The van der Waals surface area contributed by atoms with Crippen LogP contribution >= 0.6 is 0 Å². The Kier molecular flexibility index (Phi) is 3.19. The van der Waals surface area contributed by atoms with Crippen LogP contribution in [-0.2, 0) is 4.79 Å². The Balaban J connectivity index is 2.08. The molecule has 0 spiro atoms. The molecule has 0 radical (unpaired) electrons. The van der Waals surface area contributed by atoms with Crippen molar-refractivity contribution in [2.24, 2.45) is 5.92 Å². The van der Waals surface area contributed by atoms with Crippen molar-refractivity contribution in [1.82, 2.24) is 5.32 Å². The summed E-state index contributed by atoms with van der Waals surface area (Å²) in [6.45, 7) is 1.64. The molecule has 86 valence electrons. The number of carbonyl (C=O) groups is 1. The molecular weight excluding hydrogens is 207 g/mol. The number of amides is 1. The molecule has 1 atom stereocenters. The van der Waals surface area contributed by atoms with Gasteiger partial charge in [0.1, 0.15) is 5.82 Å². The Labute approximate surface area is 94.3 Å². The topological polar surface area (TPSA) is 32.3 Å². The Morgan fingerprint density at radius 2 is 2.12 bits per heavy atom. The molecule has 1 aliphatic rings. The van der Waals surface area contributed by atoms with E-state index in [1.165, 1.54) is 12.1 Å². The highest BCUT2D eigenvalue weighted by Crippen LogP contribution is 2.18. The first-order chi connectivity index (χ1) is 7.68. The van der Waals surface area contributed by atoms with E-state index in [4.69, 9.17) is 0 Å². The van der Waals surface area contributed by atoms with E-state index in [0.29, 0.717) is 0 Å². The highest BCUT2D eigenvalue weighted by molar-refractivity contribution is 5.94. The molecule has 1 aromatic carbocycles. The van der Waals surface area contributed by atoms with Gasteiger partial charge < -0.3 is 10.2 Å². The molecule has 0 bridgehead atoms. The summed E-state index contributed by atoms with van der Waals surface area (Å²) < 4.78 is 12.7. The summed E-state index contributed by atoms with van der Waals surface area (Å²) in [5.41, 5.74) is 0.735. The standard InChI is InChI=1S/C12H15FN2O/c1-15(11-4-2-10(13)3-5-11)12(16)9-6-7-14-8-9/h2-5,9,14H,6-8H2,1H3. The number of hydrogen-bond donors (Lipinski definition) is 1. The van der Waals surface area contributed by atoms with Crippen molar-refractivity contribution in [2.75, 3.05) is 25.0 Å². The molecule has 2 rings (SSSR count). The first kappa shape index (κ1) is 11.1. The lowest BCUT2D eigenvalue weighted by Gasteiger charge is -2.20. The fourth-order valence-electron chi connectivity index (χ4n) is 1.93. The van der Waals surface area contributed by atoms with Gasteiger partial charge in [-0.25, -0.2) is 4.39 Å². The average Bonchev–Trinajstić information content (AvgIpc) is 2.81. The molecule has 16 heavy (non-hydrogen) atoms. The molecule has 1 unspecified atom stereocenters. The first-order valence-corrected chi connectivity index (χ1v) is 5.42. The normalized spacial score (nSPS) is 19.8. The zero-order chi connectivity index (χ0) is 11.5. The van der Waals surface area contributed by atoms with Crippen LogP contribution in [0.5, 0.6) is 0 Å². The molecule has 1 aromatic rings. The number of rotatable bonds is 2. The van der Waals surface area contributed by atoms with Crippen molar-refractivity contribution >= 4 is 11.6 Å². The fourth-order valence-corrected chi connectivity index (χ4v) is 1.93. The number of nitrogens with one attached hydrogen (secondary N) is 1. The Morgan fingerprint density at radius 1 is 1.44 bits per heavy atom. The van der Waals surface area contributed by atoms with Crippen molar-refractivity contribution in [3.05, 3.63) is 30.1 Å². The van der Waals surface area contributed by atoms with E-state index in [1.807, 2.05) is 0 Å². The molecule has 1 aliphatic heterocycles. The smallest absolute Gasteiger partial charge is 0.231 e. The number of hydrogen-bond acceptors (Lipinski definition) is 2. The number of anilines is 1. The lowest BCUT2D eigenvalue weighted by atomic mass is 10.1.